The van der Waals surface area contributed by atoms with Gasteiger partial charge in [0.2, 0.25) is 0 Å². The Balaban J connectivity index is 1.54. The second-order valence-corrected chi connectivity index (χ2v) is 6.42. The van der Waals surface area contributed by atoms with Gasteiger partial charge in [0.05, 0.1) is 0 Å². The number of rotatable bonds is 4. The molecule has 0 bridgehead atoms. The topological polar surface area (TPSA) is 53.6 Å². The lowest BCUT2D eigenvalue weighted by atomic mass is 10.1. The van der Waals surface area contributed by atoms with Gasteiger partial charge in [-0.15, -0.1) is 0 Å². The molecule has 1 aliphatic heterocycles. The molecule has 0 spiro atoms. The summed E-state index contributed by atoms with van der Waals surface area (Å²) in [6, 6.07) is 11.9. The molecular formula is C19H22F2N4. The highest BCUT2D eigenvalue weighted by molar-refractivity contribution is 5.92. The fraction of sp³-hybridized carbons (Fsp3) is 0.316. The van der Waals surface area contributed by atoms with E-state index in [9.17, 15) is 8.78 Å². The molecule has 2 aromatic rings. The summed E-state index contributed by atoms with van der Waals surface area (Å²) in [6.07, 6.45) is 0.945. The SMILES string of the molecule is Cc1cccc(NC(N)=NCC2CCN(c3ccc(F)c(F)c3)C2)c1. The zero-order valence-corrected chi connectivity index (χ0v) is 14.2. The molecule has 0 radical (unpaired) electrons. The standard InChI is InChI=1S/C19H22F2N4/c1-13-3-2-4-15(9-13)24-19(22)23-11-14-7-8-25(12-14)16-5-6-17(20)18(21)10-16/h2-6,9-10,14H,7-8,11-12H2,1H3,(H3,22,23,24). The summed E-state index contributed by atoms with van der Waals surface area (Å²) in [7, 11) is 0. The van der Waals surface area contributed by atoms with E-state index >= 15 is 0 Å². The molecule has 0 amide bonds. The van der Waals surface area contributed by atoms with E-state index in [0.29, 0.717) is 24.1 Å². The van der Waals surface area contributed by atoms with Crippen molar-refractivity contribution < 1.29 is 8.78 Å². The third-order valence-corrected chi connectivity index (χ3v) is 4.36. The van der Waals surface area contributed by atoms with E-state index in [1.54, 1.807) is 6.07 Å². The van der Waals surface area contributed by atoms with Crippen molar-refractivity contribution in [3.8, 4) is 0 Å². The Morgan fingerprint density at radius 2 is 2.08 bits per heavy atom. The van der Waals surface area contributed by atoms with Crippen LogP contribution in [0.4, 0.5) is 20.2 Å². The molecule has 6 heteroatoms. The molecule has 1 atom stereocenters. The maximum Gasteiger partial charge on any atom is 0.193 e. The fourth-order valence-electron chi connectivity index (χ4n) is 3.04. The van der Waals surface area contributed by atoms with Crippen molar-refractivity contribution in [1.29, 1.82) is 0 Å². The smallest absolute Gasteiger partial charge is 0.193 e. The summed E-state index contributed by atoms with van der Waals surface area (Å²) in [4.78, 5) is 6.46. The summed E-state index contributed by atoms with van der Waals surface area (Å²) in [6.45, 7) is 4.18. The number of nitrogens with two attached hydrogens (primary N) is 1. The first-order valence-electron chi connectivity index (χ1n) is 8.35. The van der Waals surface area contributed by atoms with Crippen molar-refractivity contribution in [2.24, 2.45) is 16.6 Å². The van der Waals surface area contributed by atoms with Crippen molar-refractivity contribution in [1.82, 2.24) is 0 Å². The van der Waals surface area contributed by atoms with Gasteiger partial charge >= 0.3 is 0 Å². The molecule has 1 unspecified atom stereocenters. The maximum atomic E-state index is 13.4. The van der Waals surface area contributed by atoms with Crippen LogP contribution in [0, 0.1) is 24.5 Å². The Bertz CT molecular complexity index is 776. The van der Waals surface area contributed by atoms with Crippen LogP contribution >= 0.6 is 0 Å². The van der Waals surface area contributed by atoms with Crippen LogP contribution in [0.25, 0.3) is 0 Å². The number of benzene rings is 2. The molecule has 0 aromatic heterocycles. The quantitative estimate of drug-likeness (QED) is 0.659. The van der Waals surface area contributed by atoms with Crippen molar-refractivity contribution in [2.75, 3.05) is 29.9 Å². The van der Waals surface area contributed by atoms with Gasteiger partial charge in [0.25, 0.3) is 0 Å². The molecule has 25 heavy (non-hydrogen) atoms. The first kappa shape index (κ1) is 17.2. The van der Waals surface area contributed by atoms with Gasteiger partial charge in [0.15, 0.2) is 17.6 Å². The molecule has 1 aliphatic rings. The van der Waals surface area contributed by atoms with E-state index < -0.39 is 11.6 Å². The first-order chi connectivity index (χ1) is 12.0. The van der Waals surface area contributed by atoms with Gasteiger partial charge in [-0.1, -0.05) is 12.1 Å². The summed E-state index contributed by atoms with van der Waals surface area (Å²) >= 11 is 0. The minimum Gasteiger partial charge on any atom is -0.371 e. The highest BCUT2D eigenvalue weighted by Crippen LogP contribution is 2.25. The molecule has 2 aromatic carbocycles. The molecule has 0 aliphatic carbocycles. The summed E-state index contributed by atoms with van der Waals surface area (Å²) in [5.41, 5.74) is 8.72. The molecule has 1 heterocycles. The molecule has 132 valence electrons. The van der Waals surface area contributed by atoms with Crippen LogP contribution in [0.5, 0.6) is 0 Å². The van der Waals surface area contributed by atoms with Gasteiger partial charge < -0.3 is 16.0 Å². The van der Waals surface area contributed by atoms with Crippen molar-refractivity contribution in [3.63, 3.8) is 0 Å². The maximum absolute atomic E-state index is 13.4. The average molecular weight is 344 g/mol. The predicted molar refractivity (Wildman–Crippen MR) is 98.0 cm³/mol. The second-order valence-electron chi connectivity index (χ2n) is 6.42. The molecule has 0 saturated carbocycles. The minimum absolute atomic E-state index is 0.339. The number of anilines is 2. The Morgan fingerprint density at radius 3 is 2.84 bits per heavy atom. The number of aliphatic imine (C=N–C) groups is 1. The summed E-state index contributed by atoms with van der Waals surface area (Å²) < 4.78 is 26.4. The van der Waals surface area contributed by atoms with Gasteiger partial charge in [-0.3, -0.25) is 4.99 Å². The van der Waals surface area contributed by atoms with Gasteiger partial charge in [0.1, 0.15) is 0 Å². The van der Waals surface area contributed by atoms with Crippen LogP contribution in [0.3, 0.4) is 0 Å². The number of halogens is 2. The van der Waals surface area contributed by atoms with Crippen molar-refractivity contribution in [2.45, 2.75) is 13.3 Å². The first-order valence-corrected chi connectivity index (χ1v) is 8.35. The van der Waals surface area contributed by atoms with E-state index in [1.807, 2.05) is 36.1 Å². The lowest BCUT2D eigenvalue weighted by molar-refractivity contribution is 0.508. The largest absolute Gasteiger partial charge is 0.371 e. The monoisotopic (exact) mass is 344 g/mol. The number of hydrogen-bond acceptors (Lipinski definition) is 2. The van der Waals surface area contributed by atoms with Crippen LogP contribution in [-0.2, 0) is 0 Å². The third-order valence-electron chi connectivity index (χ3n) is 4.36. The molecule has 1 saturated heterocycles. The molecule has 3 N–H and O–H groups in total. The highest BCUT2D eigenvalue weighted by atomic mass is 19.2. The Morgan fingerprint density at radius 1 is 1.24 bits per heavy atom. The van der Waals surface area contributed by atoms with Gasteiger partial charge in [0, 0.05) is 37.1 Å². The van der Waals surface area contributed by atoms with Crippen LogP contribution in [-0.4, -0.2) is 25.6 Å². The van der Waals surface area contributed by atoms with Crippen LogP contribution in [0.1, 0.15) is 12.0 Å². The van der Waals surface area contributed by atoms with E-state index in [0.717, 1.165) is 30.8 Å². The number of aryl methyl sites for hydroxylation is 1. The molecular weight excluding hydrogens is 322 g/mol. The van der Waals surface area contributed by atoms with Crippen molar-refractivity contribution in [3.05, 3.63) is 59.7 Å². The number of nitrogens with zero attached hydrogens (tertiary/aromatic N) is 2. The normalized spacial score (nSPS) is 17.8. The van der Waals surface area contributed by atoms with E-state index in [1.165, 1.54) is 12.1 Å². The van der Waals surface area contributed by atoms with Gasteiger partial charge in [-0.05, 0) is 49.1 Å². The van der Waals surface area contributed by atoms with E-state index in [4.69, 9.17) is 5.73 Å². The molecule has 3 rings (SSSR count). The number of guanidine groups is 1. The van der Waals surface area contributed by atoms with Crippen LogP contribution in [0.15, 0.2) is 47.5 Å². The lowest BCUT2D eigenvalue weighted by Gasteiger charge is -2.18. The zero-order valence-electron chi connectivity index (χ0n) is 14.2. The average Bonchev–Trinajstić information content (AvgIpc) is 3.04. The second kappa shape index (κ2) is 7.51. The highest BCUT2D eigenvalue weighted by Gasteiger charge is 2.23. The number of hydrogen-bond donors (Lipinski definition) is 2. The predicted octanol–water partition coefficient (Wildman–Crippen LogP) is 3.53. The van der Waals surface area contributed by atoms with Crippen molar-refractivity contribution >= 4 is 17.3 Å². The van der Waals surface area contributed by atoms with Crippen LogP contribution in [0.2, 0.25) is 0 Å². The van der Waals surface area contributed by atoms with Crippen LogP contribution < -0.4 is 16.0 Å². The Hall–Kier alpha value is -2.63. The minimum atomic E-state index is -0.820. The molecule has 4 nitrogen and oxygen atoms in total. The Labute approximate surface area is 146 Å². The summed E-state index contributed by atoms with van der Waals surface area (Å²) in [5.74, 6) is -0.910. The lowest BCUT2D eigenvalue weighted by Crippen LogP contribution is -2.25. The molecule has 1 fully saturated rings. The fourth-order valence-corrected chi connectivity index (χ4v) is 3.04. The van der Waals surface area contributed by atoms with E-state index in [2.05, 4.69) is 10.3 Å². The Kier molecular flexibility index (Phi) is 5.16. The van der Waals surface area contributed by atoms with E-state index in [-0.39, 0.29) is 0 Å². The summed E-state index contributed by atoms with van der Waals surface area (Å²) in [5, 5.41) is 3.09. The van der Waals surface area contributed by atoms with Gasteiger partial charge in [-0.25, -0.2) is 8.78 Å². The number of nitrogens with one attached hydrogen (secondary N) is 1. The zero-order chi connectivity index (χ0) is 17.8. The third kappa shape index (κ3) is 4.47. The van der Waals surface area contributed by atoms with Gasteiger partial charge in [-0.2, -0.15) is 0 Å².